The average molecular weight is 506 g/mol. The Labute approximate surface area is 207 Å². The lowest BCUT2D eigenvalue weighted by Crippen LogP contribution is -2.49. The number of piperazine rings is 1. The molecular formula is C25H32ClN3O4S. The third-order valence-corrected chi connectivity index (χ3v) is 8.81. The van der Waals surface area contributed by atoms with E-state index < -0.39 is 10.0 Å². The van der Waals surface area contributed by atoms with Crippen LogP contribution in [0.4, 0.5) is 5.69 Å². The van der Waals surface area contributed by atoms with E-state index in [-0.39, 0.29) is 16.4 Å². The van der Waals surface area contributed by atoms with Gasteiger partial charge in [-0.25, -0.2) is 8.42 Å². The summed E-state index contributed by atoms with van der Waals surface area (Å²) in [6.45, 7) is 5.46. The van der Waals surface area contributed by atoms with Gasteiger partial charge in [0, 0.05) is 50.0 Å². The molecule has 2 aliphatic heterocycles. The lowest BCUT2D eigenvalue weighted by molar-refractivity contribution is 0.0743. The fourth-order valence-corrected chi connectivity index (χ4v) is 6.40. The summed E-state index contributed by atoms with van der Waals surface area (Å²) in [6.07, 6.45) is 3.80. The minimum atomic E-state index is -3.66. The maximum atomic E-state index is 13.5. The molecule has 2 saturated heterocycles. The number of carbonyl (C=O) groups is 1. The van der Waals surface area contributed by atoms with E-state index in [1.54, 1.807) is 15.3 Å². The Morgan fingerprint density at radius 1 is 0.912 bits per heavy atom. The number of hydrogen-bond donors (Lipinski definition) is 0. The topological polar surface area (TPSA) is 70.2 Å². The lowest BCUT2D eigenvalue weighted by atomic mass is 10.1. The molecule has 0 atom stereocenters. The van der Waals surface area contributed by atoms with Crippen LogP contribution in [0.15, 0.2) is 41.3 Å². The number of carbonyl (C=O) groups excluding carboxylic acids is 1. The van der Waals surface area contributed by atoms with E-state index in [0.717, 1.165) is 36.9 Å². The molecule has 2 aromatic rings. The number of benzene rings is 2. The Balaban J connectivity index is 1.53. The first-order chi connectivity index (χ1) is 16.3. The minimum absolute atomic E-state index is 0.145. The van der Waals surface area contributed by atoms with Crippen LogP contribution in [0, 0.1) is 6.92 Å². The third kappa shape index (κ3) is 5.19. The van der Waals surface area contributed by atoms with Crippen molar-refractivity contribution in [1.29, 1.82) is 0 Å². The van der Waals surface area contributed by atoms with Crippen molar-refractivity contribution in [1.82, 2.24) is 9.21 Å². The fraction of sp³-hybridized carbons (Fsp3) is 0.480. The molecule has 184 valence electrons. The standard InChI is InChI=1S/C25H32ClN3O4S/c1-19-7-8-20(26)17-23(19)27-13-15-28(16-14-27)25(30)22-18-21(9-10-24(22)33-2)34(31,32)29-11-5-3-4-6-12-29/h7-10,17-18H,3-6,11-16H2,1-2H3. The van der Waals surface area contributed by atoms with Crippen molar-refractivity contribution in [2.24, 2.45) is 0 Å². The van der Waals surface area contributed by atoms with Gasteiger partial charge in [-0.1, -0.05) is 30.5 Å². The summed E-state index contributed by atoms with van der Waals surface area (Å²) in [5.41, 5.74) is 2.49. The first-order valence-corrected chi connectivity index (χ1v) is 13.6. The van der Waals surface area contributed by atoms with Gasteiger partial charge in [0.05, 0.1) is 17.6 Å². The molecule has 2 aliphatic rings. The first-order valence-electron chi connectivity index (χ1n) is 11.8. The maximum Gasteiger partial charge on any atom is 0.257 e. The molecule has 9 heteroatoms. The van der Waals surface area contributed by atoms with Gasteiger partial charge in [-0.2, -0.15) is 4.31 Å². The Hall–Kier alpha value is -2.29. The Kier molecular flexibility index (Phi) is 7.70. The molecule has 0 aromatic heterocycles. The van der Waals surface area contributed by atoms with Gasteiger partial charge in [-0.15, -0.1) is 0 Å². The van der Waals surface area contributed by atoms with Crippen LogP contribution in [0.25, 0.3) is 0 Å². The summed E-state index contributed by atoms with van der Waals surface area (Å²) in [4.78, 5) is 17.6. The van der Waals surface area contributed by atoms with E-state index in [2.05, 4.69) is 4.90 Å². The van der Waals surface area contributed by atoms with Crippen LogP contribution >= 0.6 is 11.6 Å². The molecule has 0 bridgehead atoms. The first kappa shape index (κ1) is 24.8. The SMILES string of the molecule is COc1ccc(S(=O)(=O)N2CCCCCC2)cc1C(=O)N1CCN(c2cc(Cl)ccc2C)CC1. The maximum absolute atomic E-state index is 13.5. The molecule has 1 amide bonds. The van der Waals surface area contributed by atoms with Gasteiger partial charge in [0.2, 0.25) is 10.0 Å². The molecule has 2 aromatic carbocycles. The number of anilines is 1. The van der Waals surface area contributed by atoms with E-state index in [0.29, 0.717) is 50.0 Å². The highest BCUT2D eigenvalue weighted by Crippen LogP contribution is 2.29. The van der Waals surface area contributed by atoms with E-state index in [4.69, 9.17) is 16.3 Å². The molecule has 4 rings (SSSR count). The number of amides is 1. The van der Waals surface area contributed by atoms with Crippen molar-refractivity contribution in [3.05, 3.63) is 52.5 Å². The van der Waals surface area contributed by atoms with E-state index in [1.165, 1.54) is 19.2 Å². The molecule has 0 radical (unpaired) electrons. The fourth-order valence-electron chi connectivity index (χ4n) is 4.69. The monoisotopic (exact) mass is 505 g/mol. The second-order valence-corrected chi connectivity index (χ2v) is 11.3. The second kappa shape index (κ2) is 10.5. The Morgan fingerprint density at radius 2 is 1.59 bits per heavy atom. The summed E-state index contributed by atoms with van der Waals surface area (Å²) in [6, 6.07) is 10.4. The molecule has 0 spiro atoms. The van der Waals surface area contributed by atoms with Crippen LogP contribution < -0.4 is 9.64 Å². The highest BCUT2D eigenvalue weighted by Gasteiger charge is 2.29. The van der Waals surface area contributed by atoms with Gasteiger partial charge in [-0.3, -0.25) is 4.79 Å². The highest BCUT2D eigenvalue weighted by molar-refractivity contribution is 7.89. The summed E-state index contributed by atoms with van der Waals surface area (Å²) in [5, 5.41) is 0.686. The van der Waals surface area contributed by atoms with Gasteiger partial charge >= 0.3 is 0 Å². The van der Waals surface area contributed by atoms with E-state index >= 15 is 0 Å². The molecule has 2 heterocycles. The summed E-state index contributed by atoms with van der Waals surface area (Å²) in [5.74, 6) is 0.167. The zero-order chi connectivity index (χ0) is 24.3. The zero-order valence-corrected chi connectivity index (χ0v) is 21.4. The number of nitrogens with zero attached hydrogens (tertiary/aromatic N) is 3. The van der Waals surface area contributed by atoms with Gasteiger partial charge in [-0.05, 0) is 55.7 Å². The zero-order valence-electron chi connectivity index (χ0n) is 19.8. The van der Waals surface area contributed by atoms with Crippen LogP contribution in [0.2, 0.25) is 5.02 Å². The van der Waals surface area contributed by atoms with Gasteiger partial charge in [0.15, 0.2) is 0 Å². The molecule has 34 heavy (non-hydrogen) atoms. The molecule has 0 aliphatic carbocycles. The number of hydrogen-bond acceptors (Lipinski definition) is 5. The van der Waals surface area contributed by atoms with Crippen molar-refractivity contribution >= 4 is 33.2 Å². The second-order valence-electron chi connectivity index (χ2n) is 8.89. The van der Waals surface area contributed by atoms with Crippen molar-refractivity contribution in [3.8, 4) is 5.75 Å². The van der Waals surface area contributed by atoms with Crippen LogP contribution in [0.3, 0.4) is 0 Å². The number of methoxy groups -OCH3 is 1. The van der Waals surface area contributed by atoms with Crippen LogP contribution in [-0.2, 0) is 10.0 Å². The molecule has 0 N–H and O–H groups in total. The predicted octanol–water partition coefficient (Wildman–Crippen LogP) is 4.18. The van der Waals surface area contributed by atoms with Crippen molar-refractivity contribution in [3.63, 3.8) is 0 Å². The van der Waals surface area contributed by atoms with Crippen molar-refractivity contribution in [2.45, 2.75) is 37.5 Å². The van der Waals surface area contributed by atoms with Gasteiger partial charge in [0.1, 0.15) is 5.75 Å². The third-order valence-electron chi connectivity index (χ3n) is 6.68. The number of ether oxygens (including phenoxy) is 1. The predicted molar refractivity (Wildman–Crippen MR) is 135 cm³/mol. The number of sulfonamides is 1. The average Bonchev–Trinajstić information content (AvgIpc) is 3.15. The number of rotatable bonds is 5. The van der Waals surface area contributed by atoms with E-state index in [9.17, 15) is 13.2 Å². The van der Waals surface area contributed by atoms with E-state index in [1.807, 2.05) is 25.1 Å². The molecule has 0 saturated carbocycles. The summed E-state index contributed by atoms with van der Waals surface area (Å²) in [7, 11) is -2.17. The minimum Gasteiger partial charge on any atom is -0.496 e. The molecule has 0 unspecified atom stereocenters. The Morgan fingerprint density at radius 3 is 2.24 bits per heavy atom. The quantitative estimate of drug-likeness (QED) is 0.609. The normalized spacial score (nSPS) is 18.0. The Bertz CT molecular complexity index is 1140. The van der Waals surface area contributed by atoms with Crippen molar-refractivity contribution < 1.29 is 17.9 Å². The summed E-state index contributed by atoms with van der Waals surface area (Å²) < 4.78 is 33.6. The lowest BCUT2D eigenvalue weighted by Gasteiger charge is -2.37. The van der Waals surface area contributed by atoms with Gasteiger partial charge in [0.25, 0.3) is 5.91 Å². The number of halogens is 1. The molecule has 2 fully saturated rings. The summed E-state index contributed by atoms with van der Waals surface area (Å²) >= 11 is 6.19. The highest BCUT2D eigenvalue weighted by atomic mass is 35.5. The van der Waals surface area contributed by atoms with Crippen LogP contribution in [0.1, 0.15) is 41.6 Å². The smallest absolute Gasteiger partial charge is 0.257 e. The van der Waals surface area contributed by atoms with Gasteiger partial charge < -0.3 is 14.5 Å². The molecule has 7 nitrogen and oxygen atoms in total. The largest absolute Gasteiger partial charge is 0.496 e. The van der Waals surface area contributed by atoms with Crippen LogP contribution in [0.5, 0.6) is 5.75 Å². The molecular weight excluding hydrogens is 474 g/mol. The van der Waals surface area contributed by atoms with Crippen LogP contribution in [-0.4, -0.2) is 69.9 Å². The number of aryl methyl sites for hydroxylation is 1. The van der Waals surface area contributed by atoms with Crippen molar-refractivity contribution in [2.75, 3.05) is 51.3 Å².